The summed E-state index contributed by atoms with van der Waals surface area (Å²) in [4.78, 5) is 0.622. The summed E-state index contributed by atoms with van der Waals surface area (Å²) in [5.41, 5.74) is 1.98. The maximum Gasteiger partial charge on any atom is 0.0242 e. The summed E-state index contributed by atoms with van der Waals surface area (Å²) in [6.45, 7) is 2.35. The molecule has 1 saturated carbocycles. The fourth-order valence-corrected chi connectivity index (χ4v) is 4.66. The third-order valence-corrected chi connectivity index (χ3v) is 6.06. The van der Waals surface area contributed by atoms with Crippen molar-refractivity contribution < 1.29 is 0 Å². The van der Waals surface area contributed by atoms with Crippen molar-refractivity contribution in [3.8, 4) is 0 Å². The van der Waals surface area contributed by atoms with Gasteiger partial charge in [0.25, 0.3) is 0 Å². The van der Waals surface area contributed by atoms with Gasteiger partial charge in [-0.2, -0.15) is 0 Å². The fourth-order valence-electron chi connectivity index (χ4n) is 3.05. The molecule has 1 fully saturated rings. The first-order chi connectivity index (χ1) is 8.16. The molecule has 0 bridgehead atoms. The molecule has 1 atom stereocenters. The van der Waals surface area contributed by atoms with Crippen LogP contribution in [0.1, 0.15) is 44.6 Å². The van der Waals surface area contributed by atoms with Crippen LogP contribution in [0.4, 0.5) is 0 Å². The van der Waals surface area contributed by atoms with E-state index in [9.17, 15) is 0 Å². The van der Waals surface area contributed by atoms with Gasteiger partial charge in [-0.3, -0.25) is 0 Å². The zero-order valence-electron chi connectivity index (χ0n) is 10.4. The number of hydrogen-bond donors (Lipinski definition) is 0. The van der Waals surface area contributed by atoms with E-state index in [1.165, 1.54) is 42.1 Å². The number of rotatable bonds is 4. The number of hydrogen-bond acceptors (Lipinski definition) is 0. The van der Waals surface area contributed by atoms with Crippen molar-refractivity contribution in [3.63, 3.8) is 0 Å². The lowest BCUT2D eigenvalue weighted by Crippen LogP contribution is -2.29. The molecule has 0 nitrogen and oxygen atoms in total. The zero-order valence-corrected chi connectivity index (χ0v) is 13.6. The fraction of sp³-hybridized carbons (Fsp3) is 0.600. The first-order valence-corrected chi connectivity index (χ1v) is 8.26. The first kappa shape index (κ1) is 13.6. The van der Waals surface area contributed by atoms with Crippen molar-refractivity contribution in [2.75, 3.05) is 0 Å². The Kier molecular flexibility index (Phi) is 4.71. The second-order valence-electron chi connectivity index (χ2n) is 5.22. The second-order valence-corrected chi connectivity index (χ2v) is 7.25. The molecule has 94 valence electrons. The summed E-state index contributed by atoms with van der Waals surface area (Å²) >= 11 is 7.52. The van der Waals surface area contributed by atoms with E-state index in [1.54, 1.807) is 0 Å². The molecule has 1 aromatic carbocycles. The van der Waals surface area contributed by atoms with Crippen LogP contribution >= 0.6 is 31.9 Å². The molecule has 0 amide bonds. The topological polar surface area (TPSA) is 0 Å². The second kappa shape index (κ2) is 5.88. The van der Waals surface area contributed by atoms with Crippen molar-refractivity contribution in [2.45, 2.75) is 50.3 Å². The van der Waals surface area contributed by atoms with Crippen LogP contribution < -0.4 is 0 Å². The molecule has 2 rings (SSSR count). The molecule has 0 spiro atoms. The highest BCUT2D eigenvalue weighted by molar-refractivity contribution is 9.10. The molecule has 0 N–H and O–H groups in total. The van der Waals surface area contributed by atoms with Crippen molar-refractivity contribution >= 4 is 31.9 Å². The average Bonchev–Trinajstić information content (AvgIpc) is 2.78. The molecule has 0 aliphatic heterocycles. The van der Waals surface area contributed by atoms with Crippen LogP contribution in [-0.4, -0.2) is 4.83 Å². The van der Waals surface area contributed by atoms with E-state index < -0.39 is 0 Å². The van der Waals surface area contributed by atoms with Crippen LogP contribution in [0.15, 0.2) is 28.7 Å². The summed E-state index contributed by atoms with van der Waals surface area (Å²) in [5, 5.41) is 0. The first-order valence-electron chi connectivity index (χ1n) is 6.55. The van der Waals surface area contributed by atoms with Gasteiger partial charge >= 0.3 is 0 Å². The molecule has 0 aromatic heterocycles. The van der Waals surface area contributed by atoms with E-state index in [2.05, 4.69) is 63.0 Å². The Hall–Kier alpha value is 0.180. The Morgan fingerprint density at radius 1 is 1.29 bits per heavy atom. The predicted molar refractivity (Wildman–Crippen MR) is 81.8 cm³/mol. The van der Waals surface area contributed by atoms with Crippen LogP contribution in [0.25, 0.3) is 0 Å². The van der Waals surface area contributed by atoms with Gasteiger partial charge < -0.3 is 0 Å². The smallest absolute Gasteiger partial charge is 0.0242 e. The minimum atomic E-state index is 0.544. The Morgan fingerprint density at radius 2 is 2.00 bits per heavy atom. The Bertz CT molecular complexity index is 367. The molecule has 2 heteroatoms. The highest BCUT2D eigenvalue weighted by Crippen LogP contribution is 2.47. The molecular weight excluding hydrogens is 340 g/mol. The van der Waals surface area contributed by atoms with Crippen LogP contribution in [0.3, 0.4) is 0 Å². The largest absolute Gasteiger partial charge is 0.0881 e. The van der Waals surface area contributed by atoms with Gasteiger partial charge in [0.1, 0.15) is 0 Å². The van der Waals surface area contributed by atoms with E-state index in [1.807, 2.05) is 0 Å². The van der Waals surface area contributed by atoms with Gasteiger partial charge in [0, 0.05) is 9.30 Å². The highest BCUT2D eigenvalue weighted by Gasteiger charge is 2.38. The molecule has 1 aliphatic carbocycles. The van der Waals surface area contributed by atoms with Crippen molar-refractivity contribution in [3.05, 3.63) is 34.3 Å². The van der Waals surface area contributed by atoms with Gasteiger partial charge in [-0.05, 0) is 48.8 Å². The number of halogens is 2. The highest BCUT2D eigenvalue weighted by atomic mass is 79.9. The molecule has 0 saturated heterocycles. The van der Waals surface area contributed by atoms with Gasteiger partial charge in [0.15, 0.2) is 0 Å². The van der Waals surface area contributed by atoms with Crippen LogP contribution in [0.5, 0.6) is 0 Å². The van der Waals surface area contributed by atoms with Crippen LogP contribution in [0.2, 0.25) is 0 Å². The third-order valence-electron chi connectivity index (χ3n) is 4.27. The van der Waals surface area contributed by atoms with Crippen molar-refractivity contribution in [1.29, 1.82) is 0 Å². The molecular formula is C15H20Br2. The number of alkyl halides is 1. The SMILES string of the molecule is CCC1(C(Br)Cc2cccc(Br)c2)CCCC1. The number of benzene rings is 1. The van der Waals surface area contributed by atoms with Crippen LogP contribution in [0, 0.1) is 5.41 Å². The van der Waals surface area contributed by atoms with E-state index >= 15 is 0 Å². The minimum absolute atomic E-state index is 0.544. The van der Waals surface area contributed by atoms with Crippen LogP contribution in [-0.2, 0) is 6.42 Å². The van der Waals surface area contributed by atoms with E-state index in [4.69, 9.17) is 0 Å². The summed E-state index contributed by atoms with van der Waals surface area (Å²) in [6.07, 6.45) is 8.06. The quantitative estimate of drug-likeness (QED) is 0.602. The standard InChI is InChI=1S/C15H20Br2/c1-2-15(8-3-4-9-15)14(17)11-12-6-5-7-13(16)10-12/h5-7,10,14H,2-4,8-9,11H2,1H3. The van der Waals surface area contributed by atoms with Crippen molar-refractivity contribution in [2.24, 2.45) is 5.41 Å². The average molecular weight is 360 g/mol. The van der Waals surface area contributed by atoms with E-state index in [-0.39, 0.29) is 0 Å². The molecule has 1 aromatic rings. The summed E-state index contributed by atoms with van der Waals surface area (Å²) in [6, 6.07) is 8.70. The van der Waals surface area contributed by atoms with Gasteiger partial charge in [0.2, 0.25) is 0 Å². The predicted octanol–water partition coefficient (Wildman–Crippen LogP) is 5.73. The van der Waals surface area contributed by atoms with Crippen molar-refractivity contribution in [1.82, 2.24) is 0 Å². The third kappa shape index (κ3) is 3.14. The summed E-state index contributed by atoms with van der Waals surface area (Å²) < 4.78 is 1.19. The molecule has 0 heterocycles. The van der Waals surface area contributed by atoms with Gasteiger partial charge in [-0.15, -0.1) is 0 Å². The summed E-state index contributed by atoms with van der Waals surface area (Å²) in [5.74, 6) is 0. The lowest BCUT2D eigenvalue weighted by atomic mass is 9.78. The van der Waals surface area contributed by atoms with Gasteiger partial charge in [-0.1, -0.05) is 63.8 Å². The van der Waals surface area contributed by atoms with E-state index in [0.717, 1.165) is 6.42 Å². The molecule has 1 aliphatic rings. The zero-order chi connectivity index (χ0) is 12.3. The van der Waals surface area contributed by atoms with E-state index in [0.29, 0.717) is 10.2 Å². The molecule has 0 radical (unpaired) electrons. The lowest BCUT2D eigenvalue weighted by molar-refractivity contribution is 0.275. The maximum atomic E-state index is 3.97. The monoisotopic (exact) mass is 358 g/mol. The van der Waals surface area contributed by atoms with Gasteiger partial charge in [0.05, 0.1) is 0 Å². The Labute approximate surface area is 121 Å². The van der Waals surface area contributed by atoms with Gasteiger partial charge in [-0.25, -0.2) is 0 Å². The Morgan fingerprint density at radius 3 is 2.59 bits per heavy atom. The Balaban J connectivity index is 2.07. The minimum Gasteiger partial charge on any atom is -0.0881 e. The normalized spacial score (nSPS) is 20.4. The lowest BCUT2D eigenvalue weighted by Gasteiger charge is -2.33. The summed E-state index contributed by atoms with van der Waals surface area (Å²) in [7, 11) is 0. The molecule has 1 unspecified atom stereocenters. The maximum absolute atomic E-state index is 3.97. The molecule has 17 heavy (non-hydrogen) atoms.